The third-order valence-electron chi connectivity index (χ3n) is 7.13. The zero-order valence-electron chi connectivity index (χ0n) is 24.5. The Morgan fingerprint density at radius 2 is 1.59 bits per heavy atom. The van der Waals surface area contributed by atoms with E-state index in [1.54, 1.807) is 43.5 Å². The van der Waals surface area contributed by atoms with Crippen LogP contribution in [-0.2, 0) is 32.6 Å². The molecule has 9 heteroatoms. The zero-order chi connectivity index (χ0) is 30.0. The summed E-state index contributed by atoms with van der Waals surface area (Å²) in [5, 5.41) is 2.99. The third kappa shape index (κ3) is 7.88. The number of anilines is 1. The van der Waals surface area contributed by atoms with E-state index in [-0.39, 0.29) is 23.4 Å². The second kappa shape index (κ2) is 14.7. The summed E-state index contributed by atoms with van der Waals surface area (Å²) in [6.07, 6.45) is 1.67. The molecular weight excluding hydrogens is 538 g/mol. The maximum atomic E-state index is 14.2. The molecule has 0 aliphatic heterocycles. The Bertz CT molecular complexity index is 1410. The lowest BCUT2D eigenvalue weighted by atomic mass is 10.1. The first kappa shape index (κ1) is 31.7. The van der Waals surface area contributed by atoms with Crippen molar-refractivity contribution in [3.05, 3.63) is 90.0 Å². The SMILES string of the molecule is CCc1ccccc1N(CC(=O)N(Cc1cccc(OC)c1)[C@H](CC)C(=O)N[C@H](C)CC)S(=O)(=O)c1ccccc1. The number of ether oxygens (including phenoxy) is 1. The van der Waals surface area contributed by atoms with E-state index >= 15 is 0 Å². The topological polar surface area (TPSA) is 96.0 Å². The van der Waals surface area contributed by atoms with E-state index in [0.29, 0.717) is 24.3 Å². The van der Waals surface area contributed by atoms with Crippen molar-refractivity contribution in [1.82, 2.24) is 10.2 Å². The molecule has 0 bridgehead atoms. The van der Waals surface area contributed by atoms with E-state index in [9.17, 15) is 18.0 Å². The van der Waals surface area contributed by atoms with Gasteiger partial charge in [0.25, 0.3) is 10.0 Å². The molecular formula is C32H41N3O5S. The van der Waals surface area contributed by atoms with E-state index in [4.69, 9.17) is 4.74 Å². The van der Waals surface area contributed by atoms with Crippen LogP contribution in [0, 0.1) is 0 Å². The standard InChI is InChI=1S/C32H41N3O5S/c1-6-24(4)33-32(37)29(8-3)34(22-25-15-14-17-27(21-25)40-5)31(36)23-35(30-20-13-12-16-26(30)7-2)41(38,39)28-18-10-9-11-19-28/h9-21,24,29H,6-8,22-23H2,1-5H3,(H,33,37)/t24-,29-/m1/s1. The summed E-state index contributed by atoms with van der Waals surface area (Å²) >= 11 is 0. The van der Waals surface area contributed by atoms with Gasteiger partial charge in [-0.15, -0.1) is 0 Å². The van der Waals surface area contributed by atoms with Gasteiger partial charge in [-0.2, -0.15) is 0 Å². The predicted octanol–water partition coefficient (Wildman–Crippen LogP) is 5.18. The van der Waals surface area contributed by atoms with Crippen molar-refractivity contribution in [3.8, 4) is 5.75 Å². The molecule has 0 aliphatic rings. The summed E-state index contributed by atoms with van der Waals surface area (Å²) in [7, 11) is -2.55. The van der Waals surface area contributed by atoms with Crippen LogP contribution in [0.25, 0.3) is 0 Å². The number of para-hydroxylation sites is 1. The zero-order valence-corrected chi connectivity index (χ0v) is 25.4. The number of carbonyl (C=O) groups is 2. The quantitative estimate of drug-likeness (QED) is 0.284. The first-order valence-electron chi connectivity index (χ1n) is 14.0. The Balaban J connectivity index is 2.09. The van der Waals surface area contributed by atoms with Gasteiger partial charge >= 0.3 is 0 Å². The monoisotopic (exact) mass is 579 g/mol. The van der Waals surface area contributed by atoms with Crippen molar-refractivity contribution >= 4 is 27.5 Å². The fraction of sp³-hybridized carbons (Fsp3) is 0.375. The van der Waals surface area contributed by atoms with E-state index in [1.165, 1.54) is 21.3 Å². The fourth-order valence-electron chi connectivity index (χ4n) is 4.61. The molecule has 2 amide bonds. The van der Waals surface area contributed by atoms with Crippen molar-refractivity contribution in [3.63, 3.8) is 0 Å². The van der Waals surface area contributed by atoms with Gasteiger partial charge < -0.3 is 15.0 Å². The predicted molar refractivity (Wildman–Crippen MR) is 162 cm³/mol. The molecule has 0 fully saturated rings. The van der Waals surface area contributed by atoms with Crippen LogP contribution in [0.1, 0.15) is 51.7 Å². The molecule has 2 atom stereocenters. The number of rotatable bonds is 14. The summed E-state index contributed by atoms with van der Waals surface area (Å²) in [5.41, 5.74) is 1.99. The second-order valence-electron chi connectivity index (χ2n) is 9.92. The number of sulfonamides is 1. The highest BCUT2D eigenvalue weighted by Crippen LogP contribution is 2.28. The Labute approximate surface area is 244 Å². The maximum Gasteiger partial charge on any atom is 0.264 e. The highest BCUT2D eigenvalue weighted by atomic mass is 32.2. The lowest BCUT2D eigenvalue weighted by Gasteiger charge is -2.34. The Morgan fingerprint density at radius 3 is 2.22 bits per heavy atom. The normalized spacial score (nSPS) is 12.7. The van der Waals surface area contributed by atoms with Crippen molar-refractivity contribution < 1.29 is 22.7 Å². The molecule has 0 radical (unpaired) electrons. The van der Waals surface area contributed by atoms with E-state index < -0.39 is 28.5 Å². The van der Waals surface area contributed by atoms with Crippen molar-refractivity contribution in [1.29, 1.82) is 0 Å². The molecule has 3 aromatic carbocycles. The molecule has 1 N–H and O–H groups in total. The molecule has 0 saturated carbocycles. The molecule has 0 heterocycles. The van der Waals surface area contributed by atoms with Crippen molar-refractivity contribution in [2.24, 2.45) is 0 Å². The first-order chi connectivity index (χ1) is 19.7. The van der Waals surface area contributed by atoms with Crippen molar-refractivity contribution in [2.75, 3.05) is 18.0 Å². The van der Waals surface area contributed by atoms with Crippen LogP contribution < -0.4 is 14.4 Å². The van der Waals surface area contributed by atoms with Gasteiger partial charge in [0.2, 0.25) is 11.8 Å². The minimum Gasteiger partial charge on any atom is -0.497 e. The number of hydrogen-bond acceptors (Lipinski definition) is 5. The maximum absolute atomic E-state index is 14.2. The molecule has 0 aliphatic carbocycles. The van der Waals surface area contributed by atoms with Gasteiger partial charge in [-0.1, -0.05) is 69.3 Å². The van der Waals surface area contributed by atoms with Crippen molar-refractivity contribution in [2.45, 2.75) is 70.5 Å². The Morgan fingerprint density at radius 1 is 0.902 bits per heavy atom. The molecule has 0 aromatic heterocycles. The summed E-state index contributed by atoms with van der Waals surface area (Å²) in [6, 6.07) is 21.7. The summed E-state index contributed by atoms with van der Waals surface area (Å²) < 4.78 is 34.6. The number of nitrogens with one attached hydrogen (secondary N) is 1. The van der Waals surface area contributed by atoms with Gasteiger partial charge in [0.1, 0.15) is 18.3 Å². The molecule has 0 spiro atoms. The van der Waals surface area contributed by atoms with Gasteiger partial charge in [0, 0.05) is 12.6 Å². The number of nitrogens with zero attached hydrogens (tertiary/aromatic N) is 2. The van der Waals surface area contributed by atoms with Gasteiger partial charge in [0.15, 0.2) is 0 Å². The Hall–Kier alpha value is -3.85. The Kier molecular flexibility index (Phi) is 11.3. The van der Waals surface area contributed by atoms with E-state index in [0.717, 1.165) is 17.5 Å². The fourth-order valence-corrected chi connectivity index (χ4v) is 6.09. The van der Waals surface area contributed by atoms with Crippen LogP contribution in [-0.4, -0.2) is 50.9 Å². The average Bonchev–Trinajstić information content (AvgIpc) is 2.99. The van der Waals surface area contributed by atoms with Gasteiger partial charge in [-0.05, 0) is 67.6 Å². The molecule has 0 unspecified atom stereocenters. The molecule has 0 saturated heterocycles. The highest BCUT2D eigenvalue weighted by Gasteiger charge is 2.34. The summed E-state index contributed by atoms with van der Waals surface area (Å²) in [5.74, 6) is -0.133. The average molecular weight is 580 g/mol. The van der Waals surface area contributed by atoms with Crippen LogP contribution in [0.4, 0.5) is 5.69 Å². The number of methoxy groups -OCH3 is 1. The molecule has 8 nitrogen and oxygen atoms in total. The lowest BCUT2D eigenvalue weighted by molar-refractivity contribution is -0.140. The number of benzene rings is 3. The largest absolute Gasteiger partial charge is 0.497 e. The van der Waals surface area contributed by atoms with Crippen LogP contribution in [0.3, 0.4) is 0 Å². The lowest BCUT2D eigenvalue weighted by Crippen LogP contribution is -2.53. The molecule has 41 heavy (non-hydrogen) atoms. The minimum atomic E-state index is -4.11. The van der Waals surface area contributed by atoms with E-state index in [1.807, 2.05) is 58.0 Å². The smallest absolute Gasteiger partial charge is 0.264 e. The molecule has 3 rings (SSSR count). The molecule has 3 aromatic rings. The van der Waals surface area contributed by atoms with Crippen LogP contribution in [0.5, 0.6) is 5.75 Å². The number of aryl methyl sites for hydroxylation is 1. The summed E-state index contributed by atoms with van der Waals surface area (Å²) in [6.45, 7) is 7.31. The van der Waals surface area contributed by atoms with Crippen LogP contribution in [0.2, 0.25) is 0 Å². The minimum absolute atomic E-state index is 0.0725. The third-order valence-corrected chi connectivity index (χ3v) is 8.90. The van der Waals surface area contributed by atoms with Gasteiger partial charge in [-0.3, -0.25) is 13.9 Å². The number of amides is 2. The van der Waals surface area contributed by atoms with E-state index in [2.05, 4.69) is 5.32 Å². The number of carbonyl (C=O) groups excluding carboxylic acids is 2. The number of hydrogen-bond donors (Lipinski definition) is 1. The second-order valence-corrected chi connectivity index (χ2v) is 11.8. The van der Waals surface area contributed by atoms with Crippen LogP contribution in [0.15, 0.2) is 83.8 Å². The van der Waals surface area contributed by atoms with Gasteiger partial charge in [-0.25, -0.2) is 8.42 Å². The first-order valence-corrected chi connectivity index (χ1v) is 15.5. The highest BCUT2D eigenvalue weighted by molar-refractivity contribution is 7.92. The molecule has 220 valence electrons. The summed E-state index contributed by atoms with van der Waals surface area (Å²) in [4.78, 5) is 29.2. The van der Waals surface area contributed by atoms with Gasteiger partial charge in [0.05, 0.1) is 17.7 Å². The van der Waals surface area contributed by atoms with Crippen LogP contribution >= 0.6 is 0 Å².